The molecule has 1 amide bonds. The third-order valence-corrected chi connectivity index (χ3v) is 4.99. The van der Waals surface area contributed by atoms with Crippen LogP contribution in [0.5, 0.6) is 0 Å². The van der Waals surface area contributed by atoms with Gasteiger partial charge in [-0.2, -0.15) is 0 Å². The Morgan fingerprint density at radius 2 is 2.08 bits per heavy atom. The van der Waals surface area contributed by atoms with Gasteiger partial charge in [0.25, 0.3) is 0 Å². The summed E-state index contributed by atoms with van der Waals surface area (Å²) in [7, 11) is -3.20. The van der Waals surface area contributed by atoms with Gasteiger partial charge in [-0.15, -0.1) is 0 Å². The number of carbonyl (C=O) groups excluding carboxylic acids is 1. The van der Waals surface area contributed by atoms with Crippen LogP contribution in [-0.4, -0.2) is 57.7 Å². The van der Waals surface area contributed by atoms with E-state index in [2.05, 4.69) is 29.1 Å². The van der Waals surface area contributed by atoms with E-state index in [1.54, 1.807) is 0 Å². The molecular weight excluding hydrogens is 326 g/mol. The quantitative estimate of drug-likeness (QED) is 0.755. The maximum atomic E-state index is 12.1. The van der Waals surface area contributed by atoms with Crippen molar-refractivity contribution in [1.82, 2.24) is 14.9 Å². The van der Waals surface area contributed by atoms with Crippen LogP contribution in [0.2, 0.25) is 0 Å². The summed E-state index contributed by atoms with van der Waals surface area (Å²) in [5.74, 6) is -0.0106. The molecule has 1 atom stereocenters. The Kier molecular flexibility index (Phi) is 6.77. The van der Waals surface area contributed by atoms with Gasteiger partial charge in [0.15, 0.2) is 0 Å². The van der Waals surface area contributed by atoms with Crippen molar-refractivity contribution >= 4 is 15.9 Å². The number of hydrogen-bond donors (Lipinski definition) is 2. The number of sulfonamides is 1. The Bertz CT molecular complexity index is 661. The zero-order valence-electron chi connectivity index (χ0n) is 14.4. The number of carbonyl (C=O) groups is 1. The number of likely N-dealkylation sites (tertiary alicyclic amines) is 1. The maximum absolute atomic E-state index is 12.1. The molecular formula is C17H27N3O3S. The summed E-state index contributed by atoms with van der Waals surface area (Å²) in [5, 5.41) is 2.95. The molecule has 0 spiro atoms. The van der Waals surface area contributed by atoms with Gasteiger partial charge >= 0.3 is 0 Å². The second kappa shape index (κ2) is 8.60. The summed E-state index contributed by atoms with van der Waals surface area (Å²) < 4.78 is 25.3. The molecule has 2 rings (SSSR count). The molecule has 0 aliphatic carbocycles. The number of amides is 1. The number of rotatable bonds is 7. The van der Waals surface area contributed by atoms with Gasteiger partial charge in [-0.25, -0.2) is 13.1 Å². The van der Waals surface area contributed by atoms with E-state index in [-0.39, 0.29) is 11.9 Å². The topological polar surface area (TPSA) is 78.5 Å². The lowest BCUT2D eigenvalue weighted by atomic mass is 10.1. The van der Waals surface area contributed by atoms with Crippen LogP contribution < -0.4 is 10.0 Å². The van der Waals surface area contributed by atoms with E-state index in [0.29, 0.717) is 19.6 Å². The van der Waals surface area contributed by atoms with Gasteiger partial charge in [0, 0.05) is 19.1 Å². The van der Waals surface area contributed by atoms with E-state index in [1.807, 2.05) is 17.0 Å². The molecule has 7 heteroatoms. The Labute approximate surface area is 144 Å². The molecule has 0 radical (unpaired) electrons. The fourth-order valence-electron chi connectivity index (χ4n) is 3.08. The highest BCUT2D eigenvalue weighted by atomic mass is 32.2. The summed E-state index contributed by atoms with van der Waals surface area (Å²) in [6.45, 7) is 4.41. The highest BCUT2D eigenvalue weighted by molar-refractivity contribution is 7.88. The van der Waals surface area contributed by atoms with Crippen molar-refractivity contribution in [1.29, 1.82) is 0 Å². The van der Waals surface area contributed by atoms with E-state index < -0.39 is 10.0 Å². The summed E-state index contributed by atoms with van der Waals surface area (Å²) >= 11 is 0. The molecule has 1 heterocycles. The third-order valence-electron chi connectivity index (χ3n) is 4.23. The predicted octanol–water partition coefficient (Wildman–Crippen LogP) is 0.667. The van der Waals surface area contributed by atoms with E-state index >= 15 is 0 Å². The molecule has 1 aliphatic heterocycles. The van der Waals surface area contributed by atoms with Crippen molar-refractivity contribution < 1.29 is 13.2 Å². The van der Waals surface area contributed by atoms with Crippen molar-refractivity contribution in [3.8, 4) is 0 Å². The van der Waals surface area contributed by atoms with Gasteiger partial charge in [-0.3, -0.25) is 9.69 Å². The minimum atomic E-state index is -3.20. The second-order valence-electron chi connectivity index (χ2n) is 6.49. The Hall–Kier alpha value is -1.44. The van der Waals surface area contributed by atoms with Gasteiger partial charge in [0.2, 0.25) is 15.9 Å². The first-order chi connectivity index (χ1) is 11.3. The summed E-state index contributed by atoms with van der Waals surface area (Å²) in [5.41, 5.74) is 2.48. The zero-order chi connectivity index (χ0) is 17.6. The third kappa shape index (κ3) is 6.59. The first kappa shape index (κ1) is 18.9. The van der Waals surface area contributed by atoms with Crippen molar-refractivity contribution in [2.24, 2.45) is 0 Å². The molecule has 134 valence electrons. The van der Waals surface area contributed by atoms with Crippen LogP contribution in [0, 0.1) is 6.92 Å². The highest BCUT2D eigenvalue weighted by Crippen LogP contribution is 2.10. The number of nitrogens with one attached hydrogen (secondary N) is 2. The zero-order valence-corrected chi connectivity index (χ0v) is 15.2. The smallest absolute Gasteiger partial charge is 0.234 e. The Morgan fingerprint density at radius 3 is 2.79 bits per heavy atom. The minimum Gasteiger partial charge on any atom is -0.355 e. The van der Waals surface area contributed by atoms with Gasteiger partial charge < -0.3 is 5.32 Å². The summed E-state index contributed by atoms with van der Waals surface area (Å²) in [4.78, 5) is 14.1. The number of nitrogens with zero attached hydrogens (tertiary/aromatic N) is 1. The lowest BCUT2D eigenvalue weighted by Gasteiger charge is -2.32. The lowest BCUT2D eigenvalue weighted by Crippen LogP contribution is -2.50. The summed E-state index contributed by atoms with van der Waals surface area (Å²) in [6.07, 6.45) is 3.70. The minimum absolute atomic E-state index is 0.0106. The number of piperidine rings is 1. The molecule has 2 N–H and O–H groups in total. The summed E-state index contributed by atoms with van der Waals surface area (Å²) in [6, 6.07) is 8.06. The molecule has 1 aliphatic rings. The van der Waals surface area contributed by atoms with Crippen molar-refractivity contribution in [2.45, 2.75) is 32.2 Å². The molecule has 0 saturated carbocycles. The van der Waals surface area contributed by atoms with E-state index in [0.717, 1.165) is 25.8 Å². The molecule has 1 aromatic rings. The van der Waals surface area contributed by atoms with Gasteiger partial charge in [0.1, 0.15) is 0 Å². The molecule has 0 bridgehead atoms. The van der Waals surface area contributed by atoms with Crippen LogP contribution in [-0.2, 0) is 21.2 Å². The number of aryl methyl sites for hydroxylation is 1. The molecule has 1 fully saturated rings. The maximum Gasteiger partial charge on any atom is 0.234 e. The van der Waals surface area contributed by atoms with E-state index in [1.165, 1.54) is 17.4 Å². The lowest BCUT2D eigenvalue weighted by molar-refractivity contribution is -0.122. The first-order valence-corrected chi connectivity index (χ1v) is 10.2. The number of benzene rings is 1. The van der Waals surface area contributed by atoms with Crippen LogP contribution in [0.3, 0.4) is 0 Å². The van der Waals surface area contributed by atoms with E-state index in [9.17, 15) is 13.2 Å². The van der Waals surface area contributed by atoms with Crippen LogP contribution in [0.4, 0.5) is 0 Å². The average Bonchev–Trinajstić information content (AvgIpc) is 2.48. The van der Waals surface area contributed by atoms with Crippen LogP contribution >= 0.6 is 0 Å². The largest absolute Gasteiger partial charge is 0.355 e. The molecule has 6 nitrogen and oxygen atoms in total. The molecule has 0 aromatic heterocycles. The first-order valence-electron chi connectivity index (χ1n) is 8.34. The Morgan fingerprint density at radius 1 is 1.33 bits per heavy atom. The van der Waals surface area contributed by atoms with Gasteiger partial charge in [-0.1, -0.05) is 24.3 Å². The van der Waals surface area contributed by atoms with Gasteiger partial charge in [0.05, 0.1) is 12.8 Å². The van der Waals surface area contributed by atoms with Crippen molar-refractivity contribution in [3.05, 3.63) is 35.4 Å². The average molecular weight is 353 g/mol. The van der Waals surface area contributed by atoms with Gasteiger partial charge in [-0.05, 0) is 43.9 Å². The monoisotopic (exact) mass is 353 g/mol. The molecule has 1 saturated heterocycles. The molecule has 24 heavy (non-hydrogen) atoms. The predicted molar refractivity (Wildman–Crippen MR) is 95.3 cm³/mol. The van der Waals surface area contributed by atoms with Crippen LogP contribution in [0.1, 0.15) is 24.0 Å². The standard InChI is InChI=1S/C17H27N3O3S/c1-14-6-3-4-7-15(14)9-10-18-17(21)13-20-11-5-8-16(12-20)19-24(2,22)23/h3-4,6-7,16,19H,5,8-13H2,1-2H3,(H,18,21). The number of hydrogen-bond acceptors (Lipinski definition) is 4. The highest BCUT2D eigenvalue weighted by Gasteiger charge is 2.23. The SMILES string of the molecule is Cc1ccccc1CCNC(=O)CN1CCCC(NS(C)(=O)=O)C1. The van der Waals surface area contributed by atoms with Crippen LogP contribution in [0.15, 0.2) is 24.3 Å². The van der Waals surface area contributed by atoms with E-state index in [4.69, 9.17) is 0 Å². The van der Waals surface area contributed by atoms with Crippen molar-refractivity contribution in [3.63, 3.8) is 0 Å². The second-order valence-corrected chi connectivity index (χ2v) is 8.27. The fourth-order valence-corrected chi connectivity index (χ4v) is 3.88. The molecule has 1 aromatic carbocycles. The van der Waals surface area contributed by atoms with Crippen molar-refractivity contribution in [2.75, 3.05) is 32.4 Å². The Balaban J connectivity index is 1.73. The van der Waals surface area contributed by atoms with Crippen LogP contribution in [0.25, 0.3) is 0 Å². The fraction of sp³-hybridized carbons (Fsp3) is 0.588. The normalized spacial score (nSPS) is 19.2. The molecule has 1 unspecified atom stereocenters.